The average Bonchev–Trinajstić information content (AvgIpc) is 2.35. The number of ketones is 1. The first-order valence-corrected chi connectivity index (χ1v) is 7.84. The minimum atomic E-state index is -0.130. The van der Waals surface area contributed by atoms with Crippen molar-refractivity contribution in [1.82, 2.24) is 0 Å². The fourth-order valence-corrected chi connectivity index (χ4v) is 1.03. The van der Waals surface area contributed by atoms with Crippen molar-refractivity contribution in [2.45, 2.75) is 100 Å². The molecule has 0 bridgehead atoms. The summed E-state index contributed by atoms with van der Waals surface area (Å²) in [6.45, 7) is 16.6. The fourth-order valence-electron chi connectivity index (χ4n) is 1.03. The van der Waals surface area contributed by atoms with Gasteiger partial charge in [-0.2, -0.15) is 0 Å². The molecule has 0 saturated heterocycles. The molecule has 1 heteroatoms. The third-order valence-electron chi connectivity index (χ3n) is 2.61. The van der Waals surface area contributed by atoms with Crippen LogP contribution in [0.25, 0.3) is 0 Å². The molecule has 0 aliphatic heterocycles. The Balaban J connectivity index is -0.000000200. The summed E-state index contributed by atoms with van der Waals surface area (Å²) < 4.78 is 0. The molecule has 0 aliphatic rings. The van der Waals surface area contributed by atoms with E-state index in [9.17, 15) is 4.79 Å². The Hall–Kier alpha value is -0.330. The van der Waals surface area contributed by atoms with Gasteiger partial charge in [0.2, 0.25) is 0 Å². The van der Waals surface area contributed by atoms with Crippen LogP contribution in [0.2, 0.25) is 0 Å². The highest BCUT2D eigenvalue weighted by Gasteiger charge is 2.17. The Kier molecular flexibility index (Phi) is 21.1. The summed E-state index contributed by atoms with van der Waals surface area (Å²) in [5.41, 5.74) is -0.130. The van der Waals surface area contributed by atoms with Crippen molar-refractivity contribution in [3.05, 3.63) is 0 Å². The number of hydrogen-bond donors (Lipinski definition) is 0. The molecule has 18 heavy (non-hydrogen) atoms. The van der Waals surface area contributed by atoms with Crippen molar-refractivity contribution in [2.24, 2.45) is 5.41 Å². The maximum atomic E-state index is 10.8. The topological polar surface area (TPSA) is 17.1 Å². The van der Waals surface area contributed by atoms with Gasteiger partial charge in [0.05, 0.1) is 0 Å². The van der Waals surface area contributed by atoms with Crippen LogP contribution in [0, 0.1) is 5.41 Å². The van der Waals surface area contributed by atoms with Crippen molar-refractivity contribution >= 4 is 5.78 Å². The lowest BCUT2D eigenvalue weighted by Gasteiger charge is -2.13. The molecule has 0 heterocycles. The van der Waals surface area contributed by atoms with Crippen LogP contribution < -0.4 is 0 Å². The van der Waals surface area contributed by atoms with Crippen molar-refractivity contribution < 1.29 is 4.79 Å². The largest absolute Gasteiger partial charge is 0.299 e. The summed E-state index contributed by atoms with van der Waals surface area (Å²) in [6.07, 6.45) is 8.83. The van der Waals surface area contributed by atoms with E-state index in [1.54, 1.807) is 0 Å². The van der Waals surface area contributed by atoms with Crippen LogP contribution in [-0.2, 0) is 4.79 Å². The predicted molar refractivity (Wildman–Crippen MR) is 85.2 cm³/mol. The molecule has 0 aromatic carbocycles. The Labute approximate surface area is 117 Å². The molecule has 0 saturated carbocycles. The van der Waals surface area contributed by atoms with Gasteiger partial charge in [-0.25, -0.2) is 0 Å². The standard InChI is InChI=1S/C7H14O.C6H14.C4H10/c1-5-6(8)7(2,3)4;1-3-5-6-4-2;1-3-4-2/h5H2,1-4H3;3-6H2,1-2H3;3-4H2,1-2H3. The summed E-state index contributed by atoms with van der Waals surface area (Å²) in [6, 6.07) is 0. The molecule has 0 N–H and O–H groups in total. The maximum absolute atomic E-state index is 10.8. The SMILES string of the molecule is CCC(=O)C(C)(C)C.CCCC.CCCCCC. The molecule has 0 spiro atoms. The molecule has 0 fully saturated rings. The Bertz CT molecular complexity index is 147. The van der Waals surface area contributed by atoms with Gasteiger partial charge >= 0.3 is 0 Å². The number of unbranched alkanes of at least 4 members (excludes halogenated alkanes) is 4. The Morgan fingerprint density at radius 1 is 0.722 bits per heavy atom. The van der Waals surface area contributed by atoms with E-state index in [2.05, 4.69) is 27.7 Å². The highest BCUT2D eigenvalue weighted by atomic mass is 16.1. The molecular weight excluding hydrogens is 220 g/mol. The van der Waals surface area contributed by atoms with Gasteiger partial charge in [0.1, 0.15) is 5.78 Å². The number of rotatable bonds is 5. The second kappa shape index (κ2) is 16.7. The Morgan fingerprint density at radius 2 is 1.06 bits per heavy atom. The van der Waals surface area contributed by atoms with E-state index in [-0.39, 0.29) is 5.41 Å². The summed E-state index contributed by atoms with van der Waals surface area (Å²) in [5.74, 6) is 0.331. The molecule has 0 unspecified atom stereocenters. The molecular formula is C17H38O. The summed E-state index contributed by atoms with van der Waals surface area (Å²) >= 11 is 0. The predicted octanol–water partition coefficient (Wildman–Crippen LogP) is 6.40. The van der Waals surface area contributed by atoms with E-state index in [0.29, 0.717) is 12.2 Å². The molecule has 112 valence electrons. The van der Waals surface area contributed by atoms with Crippen molar-refractivity contribution in [3.63, 3.8) is 0 Å². The quantitative estimate of drug-likeness (QED) is 0.521. The lowest BCUT2D eigenvalue weighted by molar-refractivity contribution is -0.125. The van der Waals surface area contributed by atoms with Crippen molar-refractivity contribution in [1.29, 1.82) is 0 Å². The number of Topliss-reactive ketones (excluding diaryl/α,β-unsaturated/α-hetero) is 1. The highest BCUT2D eigenvalue weighted by molar-refractivity contribution is 5.83. The monoisotopic (exact) mass is 258 g/mol. The normalized spacial score (nSPS) is 9.78. The van der Waals surface area contributed by atoms with E-state index in [4.69, 9.17) is 0 Å². The number of carbonyl (C=O) groups excluding carboxylic acids is 1. The van der Waals surface area contributed by atoms with Crippen LogP contribution in [0.5, 0.6) is 0 Å². The lowest BCUT2D eigenvalue weighted by atomic mass is 9.90. The van der Waals surface area contributed by atoms with Crippen molar-refractivity contribution in [2.75, 3.05) is 0 Å². The first kappa shape index (κ1) is 22.8. The van der Waals surface area contributed by atoms with Gasteiger partial charge in [-0.05, 0) is 0 Å². The van der Waals surface area contributed by atoms with E-state index < -0.39 is 0 Å². The van der Waals surface area contributed by atoms with Gasteiger partial charge in [-0.3, -0.25) is 4.79 Å². The second-order valence-electron chi connectivity index (χ2n) is 5.73. The Morgan fingerprint density at radius 3 is 1.11 bits per heavy atom. The van der Waals surface area contributed by atoms with Crippen LogP contribution in [0.3, 0.4) is 0 Å². The molecule has 0 atom stereocenters. The molecule has 0 amide bonds. The first-order valence-electron chi connectivity index (χ1n) is 7.84. The van der Waals surface area contributed by atoms with E-state index in [1.165, 1.54) is 38.5 Å². The fraction of sp³-hybridized carbons (Fsp3) is 0.941. The van der Waals surface area contributed by atoms with Gasteiger partial charge in [0.15, 0.2) is 0 Å². The molecule has 0 radical (unpaired) electrons. The number of hydrogen-bond acceptors (Lipinski definition) is 1. The zero-order chi connectivity index (χ0) is 15.0. The minimum Gasteiger partial charge on any atom is -0.299 e. The average molecular weight is 258 g/mol. The molecule has 0 rings (SSSR count). The minimum absolute atomic E-state index is 0.130. The van der Waals surface area contributed by atoms with Gasteiger partial charge in [0.25, 0.3) is 0 Å². The highest BCUT2D eigenvalue weighted by Crippen LogP contribution is 2.15. The van der Waals surface area contributed by atoms with E-state index in [1.807, 2.05) is 27.7 Å². The van der Waals surface area contributed by atoms with Gasteiger partial charge < -0.3 is 0 Å². The van der Waals surface area contributed by atoms with Crippen LogP contribution in [0.1, 0.15) is 100 Å². The summed E-state index contributed by atoms with van der Waals surface area (Å²) in [4.78, 5) is 10.8. The third kappa shape index (κ3) is 24.8. The smallest absolute Gasteiger partial charge is 0.137 e. The second-order valence-corrected chi connectivity index (χ2v) is 5.73. The van der Waals surface area contributed by atoms with Crippen LogP contribution in [0.4, 0.5) is 0 Å². The number of carbonyl (C=O) groups is 1. The molecule has 1 nitrogen and oxygen atoms in total. The molecule has 0 aromatic heterocycles. The van der Waals surface area contributed by atoms with E-state index >= 15 is 0 Å². The zero-order valence-electron chi connectivity index (χ0n) is 14.4. The van der Waals surface area contributed by atoms with Gasteiger partial charge in [-0.15, -0.1) is 0 Å². The first-order chi connectivity index (χ1) is 8.31. The van der Waals surface area contributed by atoms with Crippen molar-refractivity contribution in [3.8, 4) is 0 Å². The van der Waals surface area contributed by atoms with Gasteiger partial charge in [-0.1, -0.05) is 93.9 Å². The third-order valence-corrected chi connectivity index (χ3v) is 2.61. The van der Waals surface area contributed by atoms with Crippen LogP contribution in [-0.4, -0.2) is 5.78 Å². The summed E-state index contributed by atoms with van der Waals surface area (Å²) in [7, 11) is 0. The van der Waals surface area contributed by atoms with Crippen LogP contribution >= 0.6 is 0 Å². The summed E-state index contributed by atoms with van der Waals surface area (Å²) in [5, 5.41) is 0. The molecule has 0 aromatic rings. The zero-order valence-corrected chi connectivity index (χ0v) is 14.4. The van der Waals surface area contributed by atoms with Gasteiger partial charge in [0, 0.05) is 11.8 Å². The molecule has 0 aliphatic carbocycles. The lowest BCUT2D eigenvalue weighted by Crippen LogP contribution is -2.18. The van der Waals surface area contributed by atoms with E-state index in [0.717, 1.165) is 0 Å². The van der Waals surface area contributed by atoms with Crippen LogP contribution in [0.15, 0.2) is 0 Å². The maximum Gasteiger partial charge on any atom is 0.137 e.